The summed E-state index contributed by atoms with van der Waals surface area (Å²) in [5, 5.41) is 11.8. The Balaban J connectivity index is 4.33. The van der Waals surface area contributed by atoms with Gasteiger partial charge in [-0.1, -0.05) is 6.92 Å². The predicted octanol–water partition coefficient (Wildman–Crippen LogP) is 1.21. The molecule has 0 aliphatic rings. The summed E-state index contributed by atoms with van der Waals surface area (Å²) in [6.07, 6.45) is 0.835. The molecule has 5 nitrogen and oxygen atoms in total. The second-order valence-electron chi connectivity index (χ2n) is 5.49. The number of hydrogen-bond donors (Lipinski definition) is 3. The SMILES string of the molecule is CCC(C)(C)NC(=O)CSC(C)(C)[C@H](N)C(=O)O. The zero-order valence-electron chi connectivity index (χ0n) is 11.7. The normalized spacial score (nSPS) is 14.1. The molecule has 0 aliphatic heterocycles. The summed E-state index contributed by atoms with van der Waals surface area (Å²) >= 11 is 1.26. The summed E-state index contributed by atoms with van der Waals surface area (Å²) in [6.45, 7) is 9.36. The molecule has 4 N–H and O–H groups in total. The molecule has 0 rings (SSSR count). The zero-order chi connectivity index (χ0) is 14.6. The molecule has 0 unspecified atom stereocenters. The molecule has 0 aliphatic carbocycles. The van der Waals surface area contributed by atoms with Crippen LogP contribution in [0.5, 0.6) is 0 Å². The van der Waals surface area contributed by atoms with Crippen LogP contribution in [0.2, 0.25) is 0 Å². The van der Waals surface area contributed by atoms with Gasteiger partial charge in [0.2, 0.25) is 5.91 Å². The molecule has 106 valence electrons. The van der Waals surface area contributed by atoms with Crippen LogP contribution in [-0.4, -0.2) is 39.1 Å². The molecular formula is C12H24N2O3S. The van der Waals surface area contributed by atoms with E-state index in [0.29, 0.717) is 0 Å². The lowest BCUT2D eigenvalue weighted by Gasteiger charge is -2.29. The molecular weight excluding hydrogens is 252 g/mol. The molecule has 6 heteroatoms. The van der Waals surface area contributed by atoms with Crippen molar-refractivity contribution in [3.8, 4) is 0 Å². The summed E-state index contributed by atoms with van der Waals surface area (Å²) in [7, 11) is 0. The van der Waals surface area contributed by atoms with E-state index in [-0.39, 0.29) is 17.2 Å². The molecule has 0 bridgehead atoms. The monoisotopic (exact) mass is 276 g/mol. The van der Waals surface area contributed by atoms with Crippen LogP contribution in [0, 0.1) is 0 Å². The maximum Gasteiger partial charge on any atom is 0.321 e. The van der Waals surface area contributed by atoms with Gasteiger partial charge in [0.05, 0.1) is 5.75 Å². The number of hydrogen-bond acceptors (Lipinski definition) is 4. The highest BCUT2D eigenvalue weighted by atomic mass is 32.2. The van der Waals surface area contributed by atoms with E-state index in [1.165, 1.54) is 11.8 Å². The Labute approximate surface area is 113 Å². The predicted molar refractivity (Wildman–Crippen MR) is 74.7 cm³/mol. The van der Waals surface area contributed by atoms with E-state index < -0.39 is 16.8 Å². The first-order valence-corrected chi connectivity index (χ1v) is 6.94. The first-order valence-electron chi connectivity index (χ1n) is 5.95. The lowest BCUT2D eigenvalue weighted by atomic mass is 10.0. The summed E-state index contributed by atoms with van der Waals surface area (Å²) < 4.78 is -0.681. The number of amides is 1. The highest BCUT2D eigenvalue weighted by Gasteiger charge is 2.33. The van der Waals surface area contributed by atoms with E-state index >= 15 is 0 Å². The largest absolute Gasteiger partial charge is 0.480 e. The second kappa shape index (κ2) is 6.43. The van der Waals surface area contributed by atoms with Gasteiger partial charge in [0.1, 0.15) is 6.04 Å². The fourth-order valence-corrected chi connectivity index (χ4v) is 2.00. The molecule has 0 heterocycles. The van der Waals surface area contributed by atoms with Crippen molar-refractivity contribution in [3.05, 3.63) is 0 Å². The van der Waals surface area contributed by atoms with E-state index in [1.807, 2.05) is 20.8 Å². The minimum atomic E-state index is -1.05. The zero-order valence-corrected chi connectivity index (χ0v) is 12.6. The van der Waals surface area contributed by atoms with Gasteiger partial charge in [0.15, 0.2) is 0 Å². The molecule has 18 heavy (non-hydrogen) atoms. The molecule has 0 spiro atoms. The van der Waals surface area contributed by atoms with Gasteiger partial charge in [-0.3, -0.25) is 9.59 Å². The van der Waals surface area contributed by atoms with Crippen molar-refractivity contribution in [2.45, 2.75) is 57.4 Å². The number of nitrogens with one attached hydrogen (secondary N) is 1. The van der Waals surface area contributed by atoms with Gasteiger partial charge >= 0.3 is 5.97 Å². The van der Waals surface area contributed by atoms with E-state index in [4.69, 9.17) is 10.8 Å². The Morgan fingerprint density at radius 3 is 2.22 bits per heavy atom. The van der Waals surface area contributed by atoms with Crippen LogP contribution in [-0.2, 0) is 9.59 Å². The van der Waals surface area contributed by atoms with Crippen molar-refractivity contribution in [1.82, 2.24) is 5.32 Å². The number of carboxylic acid groups (broad SMARTS) is 1. The van der Waals surface area contributed by atoms with E-state index in [2.05, 4.69) is 5.32 Å². The van der Waals surface area contributed by atoms with E-state index in [0.717, 1.165) is 6.42 Å². The van der Waals surface area contributed by atoms with E-state index in [1.54, 1.807) is 13.8 Å². The standard InChI is InChI=1S/C12H24N2O3S/c1-6-11(2,3)14-8(15)7-18-12(4,5)9(13)10(16)17/h9H,6-7,13H2,1-5H3,(H,14,15)(H,16,17)/t9-/m1/s1. The highest BCUT2D eigenvalue weighted by molar-refractivity contribution is 8.01. The highest BCUT2D eigenvalue weighted by Crippen LogP contribution is 2.27. The summed E-state index contributed by atoms with van der Waals surface area (Å²) in [5.74, 6) is -0.948. The third-order valence-corrected chi connectivity index (χ3v) is 4.36. The molecule has 1 amide bonds. The van der Waals surface area contributed by atoms with Gasteiger partial charge in [-0.05, 0) is 34.1 Å². The Kier molecular flexibility index (Phi) is 6.16. The third kappa shape index (κ3) is 5.73. The number of carboxylic acids is 1. The van der Waals surface area contributed by atoms with Crippen LogP contribution in [0.25, 0.3) is 0 Å². The number of carbonyl (C=O) groups is 2. The minimum Gasteiger partial charge on any atom is -0.480 e. The van der Waals surface area contributed by atoms with Crippen LogP contribution in [0.4, 0.5) is 0 Å². The van der Waals surface area contributed by atoms with Gasteiger partial charge in [-0.15, -0.1) is 11.8 Å². The second-order valence-corrected chi connectivity index (χ2v) is 7.12. The van der Waals surface area contributed by atoms with Crippen LogP contribution < -0.4 is 11.1 Å². The lowest BCUT2D eigenvalue weighted by Crippen LogP contribution is -2.48. The Morgan fingerprint density at radius 1 is 1.33 bits per heavy atom. The van der Waals surface area contributed by atoms with Crippen molar-refractivity contribution in [1.29, 1.82) is 0 Å². The molecule has 0 aromatic heterocycles. The van der Waals surface area contributed by atoms with Crippen molar-refractivity contribution in [3.63, 3.8) is 0 Å². The third-order valence-electron chi connectivity index (χ3n) is 2.95. The number of thioether (sulfide) groups is 1. The van der Waals surface area contributed by atoms with Gasteiger partial charge in [0.25, 0.3) is 0 Å². The Morgan fingerprint density at radius 2 is 1.83 bits per heavy atom. The molecule has 1 atom stereocenters. The molecule has 0 aromatic carbocycles. The number of rotatable bonds is 7. The quantitative estimate of drug-likeness (QED) is 0.650. The molecule has 0 aromatic rings. The van der Waals surface area contributed by atoms with Crippen LogP contribution in [0.15, 0.2) is 0 Å². The maximum atomic E-state index is 11.7. The van der Waals surface area contributed by atoms with Crippen molar-refractivity contribution in [2.24, 2.45) is 5.73 Å². The van der Waals surface area contributed by atoms with Crippen LogP contribution in [0.3, 0.4) is 0 Å². The van der Waals surface area contributed by atoms with E-state index in [9.17, 15) is 9.59 Å². The Hall–Kier alpha value is -0.750. The first kappa shape index (κ1) is 17.2. The molecule has 0 fully saturated rings. The topological polar surface area (TPSA) is 92.4 Å². The van der Waals surface area contributed by atoms with Gasteiger partial charge in [-0.25, -0.2) is 0 Å². The number of aliphatic carboxylic acids is 1. The van der Waals surface area contributed by atoms with Gasteiger partial charge in [-0.2, -0.15) is 0 Å². The summed E-state index contributed by atoms with van der Waals surface area (Å²) in [4.78, 5) is 22.6. The van der Waals surface area contributed by atoms with Gasteiger partial charge in [0, 0.05) is 10.3 Å². The van der Waals surface area contributed by atoms with Crippen LogP contribution in [0.1, 0.15) is 41.0 Å². The first-order chi connectivity index (χ1) is 8.02. The lowest BCUT2D eigenvalue weighted by molar-refractivity contribution is -0.139. The number of carbonyl (C=O) groups excluding carboxylic acids is 1. The fraction of sp³-hybridized carbons (Fsp3) is 0.833. The Bertz CT molecular complexity index is 316. The smallest absolute Gasteiger partial charge is 0.321 e. The summed E-state index contributed by atoms with van der Waals surface area (Å²) in [5.41, 5.74) is 5.34. The molecule has 0 saturated carbocycles. The average Bonchev–Trinajstić information content (AvgIpc) is 2.25. The summed E-state index contributed by atoms with van der Waals surface area (Å²) in [6, 6.07) is -0.991. The molecule has 0 radical (unpaired) electrons. The maximum absolute atomic E-state index is 11.7. The van der Waals surface area contributed by atoms with Crippen molar-refractivity contribution < 1.29 is 14.7 Å². The van der Waals surface area contributed by atoms with Crippen molar-refractivity contribution in [2.75, 3.05) is 5.75 Å². The fourth-order valence-electron chi connectivity index (χ4n) is 1.14. The molecule has 0 saturated heterocycles. The minimum absolute atomic E-state index is 0.0995. The number of nitrogens with two attached hydrogens (primary N) is 1. The average molecular weight is 276 g/mol. The van der Waals surface area contributed by atoms with Gasteiger partial charge < -0.3 is 16.2 Å². The van der Waals surface area contributed by atoms with Crippen molar-refractivity contribution >= 4 is 23.6 Å². The van der Waals surface area contributed by atoms with Crippen LogP contribution >= 0.6 is 11.8 Å².